The Labute approximate surface area is 163 Å². The summed E-state index contributed by atoms with van der Waals surface area (Å²) in [5.74, 6) is -2.77. The lowest BCUT2D eigenvalue weighted by atomic mass is 10.2. The third-order valence-electron chi connectivity index (χ3n) is 3.39. The van der Waals surface area contributed by atoms with Crippen LogP contribution in [-0.4, -0.2) is 33.8 Å². The van der Waals surface area contributed by atoms with Crippen LogP contribution in [0.2, 0.25) is 0 Å². The standard InChI is InChI=1S/C16H17FN3O6PS/c17-11-7-9(15(18)19)1-4-12(11)26-16(22)13-5-2-10(28-13)3-6-14(21)20-8-27(23,24)25/h1-2,4-5,7H,3,6,8H2,(H3,18,19)(H,20,21)(H2,23,24,25). The molecule has 0 aliphatic heterocycles. The van der Waals surface area contributed by atoms with Gasteiger partial charge in [-0.05, 0) is 36.8 Å². The highest BCUT2D eigenvalue weighted by molar-refractivity contribution is 7.51. The molecular formula is C16H17FN3O6PS. The van der Waals surface area contributed by atoms with Crippen molar-refractivity contribution >= 4 is 36.6 Å². The topological polar surface area (TPSA) is 163 Å². The van der Waals surface area contributed by atoms with E-state index in [1.165, 1.54) is 18.2 Å². The third-order valence-corrected chi connectivity index (χ3v) is 5.08. The molecule has 2 aromatic rings. The van der Waals surface area contributed by atoms with Crippen LogP contribution in [0.1, 0.15) is 26.5 Å². The number of aryl methyl sites for hydroxylation is 1. The van der Waals surface area contributed by atoms with Crippen molar-refractivity contribution in [3.05, 3.63) is 51.5 Å². The van der Waals surface area contributed by atoms with E-state index in [1.807, 2.05) is 0 Å². The van der Waals surface area contributed by atoms with Gasteiger partial charge in [0.1, 0.15) is 17.0 Å². The zero-order valence-electron chi connectivity index (χ0n) is 14.3. The number of ether oxygens (including phenoxy) is 1. The van der Waals surface area contributed by atoms with Crippen molar-refractivity contribution < 1.29 is 33.1 Å². The fourth-order valence-electron chi connectivity index (χ4n) is 2.04. The summed E-state index contributed by atoms with van der Waals surface area (Å²) in [5, 5.41) is 9.36. The molecule has 0 atom stereocenters. The number of amides is 1. The third kappa shape index (κ3) is 6.54. The number of halogens is 1. The number of thiophene rings is 1. The van der Waals surface area contributed by atoms with Gasteiger partial charge in [0.05, 0.1) is 0 Å². The molecule has 0 saturated heterocycles. The number of nitrogens with one attached hydrogen (secondary N) is 2. The van der Waals surface area contributed by atoms with Crippen LogP contribution in [0, 0.1) is 11.2 Å². The summed E-state index contributed by atoms with van der Waals surface area (Å²) in [7, 11) is -4.31. The second kappa shape index (κ2) is 9.07. The van der Waals surface area contributed by atoms with Gasteiger partial charge >= 0.3 is 13.6 Å². The van der Waals surface area contributed by atoms with Crippen molar-refractivity contribution in [2.45, 2.75) is 12.8 Å². The second-order valence-electron chi connectivity index (χ2n) is 5.64. The zero-order valence-corrected chi connectivity index (χ0v) is 16.1. The van der Waals surface area contributed by atoms with Gasteiger partial charge in [0.25, 0.3) is 0 Å². The van der Waals surface area contributed by atoms with Crippen LogP contribution in [0.15, 0.2) is 30.3 Å². The molecule has 0 spiro atoms. The summed E-state index contributed by atoms with van der Waals surface area (Å²) < 4.78 is 29.6. The molecular weight excluding hydrogens is 412 g/mol. The van der Waals surface area contributed by atoms with E-state index < -0.39 is 31.6 Å². The number of nitrogens with two attached hydrogens (primary N) is 1. The van der Waals surface area contributed by atoms with E-state index in [0.29, 0.717) is 4.88 Å². The minimum atomic E-state index is -4.31. The predicted octanol–water partition coefficient (Wildman–Crippen LogP) is 1.57. The van der Waals surface area contributed by atoms with Gasteiger partial charge in [-0.2, -0.15) is 0 Å². The first kappa shape index (κ1) is 21.7. The van der Waals surface area contributed by atoms with Crippen LogP contribution in [0.4, 0.5) is 4.39 Å². The van der Waals surface area contributed by atoms with E-state index in [9.17, 15) is 18.5 Å². The maximum atomic E-state index is 13.9. The van der Waals surface area contributed by atoms with Gasteiger partial charge in [-0.15, -0.1) is 11.3 Å². The Morgan fingerprint density at radius 3 is 2.61 bits per heavy atom. The normalized spacial score (nSPS) is 11.1. The van der Waals surface area contributed by atoms with Gasteiger partial charge in [-0.3, -0.25) is 14.8 Å². The fourth-order valence-corrected chi connectivity index (χ4v) is 3.31. The second-order valence-corrected chi connectivity index (χ2v) is 8.45. The number of amidine groups is 1. The summed E-state index contributed by atoms with van der Waals surface area (Å²) in [4.78, 5) is 42.0. The number of carbonyl (C=O) groups excluding carboxylic acids is 2. The zero-order chi connectivity index (χ0) is 20.9. The first-order valence-corrected chi connectivity index (χ1v) is 10.4. The first-order chi connectivity index (χ1) is 13.0. The minimum absolute atomic E-state index is 0.0177. The first-order valence-electron chi connectivity index (χ1n) is 7.81. The molecule has 0 bridgehead atoms. The van der Waals surface area contributed by atoms with Crippen molar-refractivity contribution in [2.24, 2.45) is 5.73 Å². The number of carbonyl (C=O) groups is 2. The van der Waals surface area contributed by atoms with E-state index in [2.05, 4.69) is 5.32 Å². The molecule has 9 nitrogen and oxygen atoms in total. The lowest BCUT2D eigenvalue weighted by molar-refractivity contribution is -0.120. The van der Waals surface area contributed by atoms with Crippen LogP contribution in [0.25, 0.3) is 0 Å². The molecule has 2 rings (SSSR count). The largest absolute Gasteiger partial charge is 0.419 e. The summed E-state index contributed by atoms with van der Waals surface area (Å²) in [6.45, 7) is 0. The molecule has 0 aliphatic carbocycles. The quantitative estimate of drug-likeness (QED) is 0.140. The van der Waals surface area contributed by atoms with Gasteiger partial charge in [0.2, 0.25) is 5.91 Å². The Morgan fingerprint density at radius 1 is 1.29 bits per heavy atom. The molecule has 1 amide bonds. The van der Waals surface area contributed by atoms with E-state index in [1.54, 1.807) is 6.07 Å². The molecule has 150 valence electrons. The van der Waals surface area contributed by atoms with Crippen LogP contribution in [0.3, 0.4) is 0 Å². The van der Waals surface area contributed by atoms with Gasteiger partial charge < -0.3 is 25.6 Å². The molecule has 28 heavy (non-hydrogen) atoms. The highest BCUT2D eigenvalue weighted by Gasteiger charge is 2.17. The van der Waals surface area contributed by atoms with Crippen molar-refractivity contribution in [3.8, 4) is 5.75 Å². The summed E-state index contributed by atoms with van der Waals surface area (Å²) >= 11 is 1.06. The maximum Gasteiger partial charge on any atom is 0.353 e. The maximum absolute atomic E-state index is 13.9. The smallest absolute Gasteiger partial charge is 0.353 e. The highest BCUT2D eigenvalue weighted by atomic mass is 32.1. The number of rotatable bonds is 8. The minimum Gasteiger partial charge on any atom is -0.419 e. The van der Waals surface area contributed by atoms with Gasteiger partial charge in [-0.25, -0.2) is 9.18 Å². The Hall–Kier alpha value is -2.59. The number of benzene rings is 1. The lowest BCUT2D eigenvalue weighted by Crippen LogP contribution is -2.24. The molecule has 0 aliphatic rings. The van der Waals surface area contributed by atoms with Crippen molar-refractivity contribution in [3.63, 3.8) is 0 Å². The van der Waals surface area contributed by atoms with Gasteiger partial charge in [-0.1, -0.05) is 0 Å². The molecule has 6 N–H and O–H groups in total. The van der Waals surface area contributed by atoms with E-state index in [4.69, 9.17) is 25.7 Å². The molecule has 0 fully saturated rings. The van der Waals surface area contributed by atoms with E-state index >= 15 is 0 Å². The van der Waals surface area contributed by atoms with Crippen molar-refractivity contribution in [1.29, 1.82) is 5.41 Å². The van der Waals surface area contributed by atoms with E-state index in [-0.39, 0.29) is 34.9 Å². The highest BCUT2D eigenvalue weighted by Crippen LogP contribution is 2.32. The number of hydrogen-bond donors (Lipinski definition) is 5. The average Bonchev–Trinajstić information content (AvgIpc) is 3.08. The van der Waals surface area contributed by atoms with Crippen molar-refractivity contribution in [1.82, 2.24) is 5.32 Å². The van der Waals surface area contributed by atoms with Crippen LogP contribution < -0.4 is 15.8 Å². The molecule has 1 heterocycles. The molecule has 0 radical (unpaired) electrons. The Morgan fingerprint density at radius 2 is 2.00 bits per heavy atom. The molecule has 0 unspecified atom stereocenters. The van der Waals surface area contributed by atoms with E-state index in [0.717, 1.165) is 17.4 Å². The molecule has 1 aromatic carbocycles. The molecule has 12 heteroatoms. The van der Waals surface area contributed by atoms with Crippen LogP contribution in [0.5, 0.6) is 5.75 Å². The SMILES string of the molecule is N=C(N)c1ccc(OC(=O)c2ccc(CCC(=O)NCP(=O)(O)O)s2)c(F)c1. The van der Waals surface area contributed by atoms with Crippen LogP contribution >= 0.6 is 18.9 Å². The average molecular weight is 429 g/mol. The summed E-state index contributed by atoms with van der Waals surface area (Å²) in [6.07, 6.45) is -0.495. The van der Waals surface area contributed by atoms with Crippen LogP contribution in [-0.2, 0) is 15.8 Å². The predicted molar refractivity (Wildman–Crippen MR) is 100 cm³/mol. The Kier molecular flexibility index (Phi) is 7.03. The fraction of sp³-hybridized carbons (Fsp3) is 0.188. The molecule has 0 saturated carbocycles. The Balaban J connectivity index is 1.92. The Bertz CT molecular complexity index is 958. The van der Waals surface area contributed by atoms with Crippen molar-refractivity contribution in [2.75, 3.05) is 6.29 Å². The monoisotopic (exact) mass is 429 g/mol. The summed E-state index contributed by atoms with van der Waals surface area (Å²) in [6, 6.07) is 6.61. The number of esters is 1. The van der Waals surface area contributed by atoms with Gasteiger partial charge in [0, 0.05) is 16.9 Å². The number of nitrogen functional groups attached to an aromatic ring is 1. The van der Waals surface area contributed by atoms with Gasteiger partial charge in [0.15, 0.2) is 11.6 Å². The molecule has 1 aromatic heterocycles. The summed E-state index contributed by atoms with van der Waals surface area (Å²) in [5.41, 5.74) is 5.42. The number of hydrogen-bond acceptors (Lipinski definition) is 6. The lowest BCUT2D eigenvalue weighted by Gasteiger charge is -2.06.